The predicted molar refractivity (Wildman–Crippen MR) is 91.9 cm³/mol. The number of carbonyl (C=O) groups excluding carboxylic acids is 2. The van der Waals surface area contributed by atoms with Crippen molar-refractivity contribution >= 4 is 23.3 Å². The lowest BCUT2D eigenvalue weighted by molar-refractivity contribution is -0.148. The second-order valence-electron chi connectivity index (χ2n) is 6.20. The molecule has 0 unspecified atom stereocenters. The van der Waals surface area contributed by atoms with E-state index < -0.39 is 17.9 Å². The van der Waals surface area contributed by atoms with Gasteiger partial charge >= 0.3 is 11.9 Å². The minimum atomic E-state index is -0.732. The molecule has 1 aromatic carbocycles. The number of ether oxygens (including phenoxy) is 2. The molecule has 6 nitrogen and oxygen atoms in total. The summed E-state index contributed by atoms with van der Waals surface area (Å²) in [7, 11) is 0. The fourth-order valence-corrected chi connectivity index (χ4v) is 2.30. The Balaban J connectivity index is 2.20. The zero-order valence-electron chi connectivity index (χ0n) is 14.6. The zero-order valence-corrected chi connectivity index (χ0v) is 14.6. The number of hydrogen-bond donors (Lipinski definition) is 0. The average Bonchev–Trinajstić information content (AvgIpc) is 2.99. The van der Waals surface area contributed by atoms with Crippen molar-refractivity contribution in [3.8, 4) is 0 Å². The van der Waals surface area contributed by atoms with Gasteiger partial charge in [-0.15, -0.1) is 0 Å². The highest BCUT2D eigenvalue weighted by Gasteiger charge is 2.39. The second-order valence-corrected chi connectivity index (χ2v) is 6.20. The maximum absolute atomic E-state index is 12.4. The molecule has 1 aromatic rings. The van der Waals surface area contributed by atoms with Gasteiger partial charge in [-0.25, -0.2) is 4.79 Å². The summed E-state index contributed by atoms with van der Waals surface area (Å²) in [5.74, 6) is -1.51. The number of hydrogen-bond acceptors (Lipinski definition) is 6. The second kappa shape index (κ2) is 7.95. The largest absolute Gasteiger partial charge is 0.465 e. The molecule has 1 heterocycles. The van der Waals surface area contributed by atoms with Crippen molar-refractivity contribution in [1.82, 2.24) is 0 Å². The maximum Gasteiger partial charge on any atom is 0.355 e. The summed E-state index contributed by atoms with van der Waals surface area (Å²) in [6.45, 7) is 8.45. The Bertz CT molecular complexity index is 622. The van der Waals surface area contributed by atoms with Crippen molar-refractivity contribution in [3.63, 3.8) is 0 Å². The van der Waals surface area contributed by atoms with E-state index in [9.17, 15) is 9.59 Å². The van der Waals surface area contributed by atoms with Gasteiger partial charge in [0.05, 0.1) is 25.4 Å². The van der Waals surface area contributed by atoms with E-state index in [0.717, 1.165) is 11.3 Å². The first-order valence-corrected chi connectivity index (χ1v) is 8.18. The van der Waals surface area contributed by atoms with Crippen molar-refractivity contribution in [3.05, 3.63) is 29.8 Å². The van der Waals surface area contributed by atoms with Crippen LogP contribution in [0.25, 0.3) is 0 Å². The Morgan fingerprint density at radius 3 is 2.50 bits per heavy atom. The van der Waals surface area contributed by atoms with Gasteiger partial charge in [-0.1, -0.05) is 31.5 Å². The highest BCUT2D eigenvalue weighted by molar-refractivity contribution is 6.41. The van der Waals surface area contributed by atoms with Crippen LogP contribution in [0.4, 0.5) is 5.69 Å². The van der Waals surface area contributed by atoms with E-state index in [1.54, 1.807) is 11.9 Å². The first-order valence-electron chi connectivity index (χ1n) is 8.18. The van der Waals surface area contributed by atoms with E-state index in [4.69, 9.17) is 9.47 Å². The van der Waals surface area contributed by atoms with Crippen LogP contribution in [0.2, 0.25) is 0 Å². The van der Waals surface area contributed by atoms with Crippen LogP contribution < -0.4 is 5.01 Å². The molecule has 0 bridgehead atoms. The Morgan fingerprint density at radius 1 is 1.25 bits per heavy atom. The number of hydrazone groups is 1. The molecule has 0 radical (unpaired) electrons. The van der Waals surface area contributed by atoms with Gasteiger partial charge in [-0.2, -0.15) is 5.10 Å². The molecule has 1 atom stereocenters. The van der Waals surface area contributed by atoms with Gasteiger partial charge in [-0.3, -0.25) is 9.80 Å². The number of esters is 2. The van der Waals surface area contributed by atoms with Crippen LogP contribution in [0.1, 0.15) is 26.3 Å². The molecule has 0 saturated heterocycles. The van der Waals surface area contributed by atoms with Gasteiger partial charge in [-0.05, 0) is 31.9 Å². The quantitative estimate of drug-likeness (QED) is 0.749. The minimum Gasteiger partial charge on any atom is -0.465 e. The summed E-state index contributed by atoms with van der Waals surface area (Å²) in [6.07, 6.45) is 0. The summed E-state index contributed by atoms with van der Waals surface area (Å²) in [6, 6.07) is 7.73. The molecule has 0 aliphatic carbocycles. The van der Waals surface area contributed by atoms with Crippen LogP contribution >= 0.6 is 0 Å². The van der Waals surface area contributed by atoms with Crippen LogP contribution in [-0.4, -0.2) is 37.4 Å². The van der Waals surface area contributed by atoms with Crippen molar-refractivity contribution < 1.29 is 19.1 Å². The highest BCUT2D eigenvalue weighted by Crippen LogP contribution is 2.24. The third-order valence-electron chi connectivity index (χ3n) is 3.57. The SMILES string of the molecule is CCOC(=O)C1=NN(c2ccc(C)cc2)C[C@H]1C(=O)OCC(C)C. The lowest BCUT2D eigenvalue weighted by Gasteiger charge is -2.16. The smallest absolute Gasteiger partial charge is 0.355 e. The zero-order chi connectivity index (χ0) is 17.7. The minimum absolute atomic E-state index is 0.103. The Hall–Kier alpha value is -2.37. The van der Waals surface area contributed by atoms with Crippen molar-refractivity contribution in [1.29, 1.82) is 0 Å². The number of aryl methyl sites for hydroxylation is 1. The lowest BCUT2D eigenvalue weighted by atomic mass is 10.0. The molecule has 0 N–H and O–H groups in total. The van der Waals surface area contributed by atoms with Crippen LogP contribution in [0, 0.1) is 18.8 Å². The van der Waals surface area contributed by atoms with Gasteiger partial charge in [0.25, 0.3) is 0 Å². The number of benzene rings is 1. The number of rotatable bonds is 6. The normalized spacial score (nSPS) is 17.0. The summed E-state index contributed by atoms with van der Waals surface area (Å²) in [5.41, 5.74) is 2.05. The van der Waals surface area contributed by atoms with Crippen molar-refractivity contribution in [2.75, 3.05) is 24.8 Å². The van der Waals surface area contributed by atoms with Crippen LogP contribution in [0.3, 0.4) is 0 Å². The Kier molecular flexibility index (Phi) is 5.95. The third-order valence-corrected chi connectivity index (χ3v) is 3.57. The summed E-state index contributed by atoms with van der Waals surface area (Å²) in [5, 5.41) is 5.96. The van der Waals surface area contributed by atoms with E-state index in [2.05, 4.69) is 5.10 Å². The van der Waals surface area contributed by atoms with Gasteiger partial charge in [0.15, 0.2) is 5.71 Å². The number of anilines is 1. The molecule has 0 saturated carbocycles. The van der Waals surface area contributed by atoms with Gasteiger partial charge in [0.2, 0.25) is 0 Å². The molecular formula is C18H24N2O4. The van der Waals surface area contributed by atoms with E-state index >= 15 is 0 Å². The molecular weight excluding hydrogens is 308 g/mol. The number of nitrogens with zero attached hydrogens (tertiary/aromatic N) is 2. The average molecular weight is 332 g/mol. The fraction of sp³-hybridized carbons (Fsp3) is 0.500. The molecule has 24 heavy (non-hydrogen) atoms. The predicted octanol–water partition coefficient (Wildman–Crippen LogP) is 2.55. The highest BCUT2D eigenvalue weighted by atomic mass is 16.5. The molecule has 1 aliphatic rings. The van der Waals surface area contributed by atoms with Crippen LogP contribution in [0.15, 0.2) is 29.4 Å². The van der Waals surface area contributed by atoms with Crippen LogP contribution in [-0.2, 0) is 19.1 Å². The summed E-state index contributed by atoms with van der Waals surface area (Å²) < 4.78 is 10.3. The molecule has 130 valence electrons. The van der Waals surface area contributed by atoms with Crippen LogP contribution in [0.5, 0.6) is 0 Å². The maximum atomic E-state index is 12.4. The van der Waals surface area contributed by atoms with Gasteiger partial charge in [0, 0.05) is 0 Å². The van der Waals surface area contributed by atoms with Gasteiger partial charge in [0.1, 0.15) is 5.92 Å². The summed E-state index contributed by atoms with van der Waals surface area (Å²) in [4.78, 5) is 24.5. The molecule has 1 aliphatic heterocycles. The number of carbonyl (C=O) groups is 2. The van der Waals surface area contributed by atoms with E-state index in [0.29, 0.717) is 6.61 Å². The Morgan fingerprint density at radius 2 is 1.92 bits per heavy atom. The topological polar surface area (TPSA) is 68.2 Å². The molecule has 2 rings (SSSR count). The van der Waals surface area contributed by atoms with Crippen molar-refractivity contribution in [2.45, 2.75) is 27.7 Å². The molecule has 0 amide bonds. The van der Waals surface area contributed by atoms with E-state index in [1.165, 1.54) is 0 Å². The first kappa shape index (κ1) is 18.0. The lowest BCUT2D eigenvalue weighted by Crippen LogP contribution is -2.34. The molecule has 0 aromatic heterocycles. The van der Waals surface area contributed by atoms with E-state index in [-0.39, 0.29) is 24.8 Å². The molecule has 0 fully saturated rings. The molecule has 6 heteroatoms. The fourth-order valence-electron chi connectivity index (χ4n) is 2.30. The monoisotopic (exact) mass is 332 g/mol. The first-order chi connectivity index (χ1) is 11.4. The van der Waals surface area contributed by atoms with Gasteiger partial charge < -0.3 is 9.47 Å². The Labute approximate surface area is 142 Å². The van der Waals surface area contributed by atoms with E-state index in [1.807, 2.05) is 45.0 Å². The summed E-state index contributed by atoms with van der Waals surface area (Å²) >= 11 is 0. The van der Waals surface area contributed by atoms with Crippen molar-refractivity contribution in [2.24, 2.45) is 16.9 Å². The molecule has 0 spiro atoms. The standard InChI is InChI=1S/C18H24N2O4/c1-5-23-18(22)16-15(17(21)24-11-12(2)3)10-20(19-16)14-8-6-13(4)7-9-14/h6-9,12,15H,5,10-11H2,1-4H3/t15-/m1/s1. The third kappa shape index (κ3) is 4.34.